The van der Waals surface area contributed by atoms with E-state index in [1.165, 1.54) is 11.3 Å². The monoisotopic (exact) mass is 424 g/mol. The van der Waals surface area contributed by atoms with Crippen molar-refractivity contribution >= 4 is 34.0 Å². The van der Waals surface area contributed by atoms with Crippen LogP contribution in [0.15, 0.2) is 29.6 Å². The Morgan fingerprint density at radius 2 is 2.10 bits per heavy atom. The molecule has 1 aliphatic rings. The summed E-state index contributed by atoms with van der Waals surface area (Å²) in [5, 5.41) is 3.83. The average molecular weight is 425 g/mol. The third kappa shape index (κ3) is 4.32. The number of nitrogens with zero attached hydrogens (tertiary/aromatic N) is 4. The zero-order valence-electron chi connectivity index (χ0n) is 18.0. The maximum absolute atomic E-state index is 13.3. The molecule has 3 aromatic rings. The van der Waals surface area contributed by atoms with Gasteiger partial charge in [-0.25, -0.2) is 9.97 Å². The second-order valence-electron chi connectivity index (χ2n) is 8.08. The molecule has 3 heterocycles. The number of fused-ring (bicyclic) bond motifs is 1. The number of ether oxygens (including phenoxy) is 1. The van der Waals surface area contributed by atoms with Crippen molar-refractivity contribution in [1.82, 2.24) is 14.9 Å². The van der Waals surface area contributed by atoms with Crippen LogP contribution in [0.2, 0.25) is 0 Å². The molecule has 0 radical (unpaired) electrons. The predicted octanol–water partition coefficient (Wildman–Crippen LogP) is 4.20. The van der Waals surface area contributed by atoms with Crippen molar-refractivity contribution in [1.29, 1.82) is 0 Å². The van der Waals surface area contributed by atoms with Gasteiger partial charge >= 0.3 is 0 Å². The Hall–Kier alpha value is -2.51. The Morgan fingerprint density at radius 3 is 2.77 bits per heavy atom. The minimum Gasteiger partial charge on any atom is -0.376 e. The van der Waals surface area contributed by atoms with Gasteiger partial charge in [-0.15, -0.1) is 11.3 Å². The van der Waals surface area contributed by atoms with E-state index in [-0.39, 0.29) is 12.0 Å². The molecule has 1 unspecified atom stereocenters. The molecule has 4 rings (SSSR count). The first-order valence-corrected chi connectivity index (χ1v) is 11.2. The third-order valence-corrected chi connectivity index (χ3v) is 6.24. The summed E-state index contributed by atoms with van der Waals surface area (Å²) < 4.78 is 5.84. The van der Waals surface area contributed by atoms with Gasteiger partial charge in [0.05, 0.1) is 16.6 Å². The smallest absolute Gasteiger partial charge is 0.273 e. The molecule has 7 heteroatoms. The van der Waals surface area contributed by atoms with E-state index in [0.717, 1.165) is 52.3 Å². The minimum absolute atomic E-state index is 0.0519. The topological polar surface area (TPSA) is 58.6 Å². The van der Waals surface area contributed by atoms with Crippen molar-refractivity contribution in [3.8, 4) is 0 Å². The highest BCUT2D eigenvalue weighted by Gasteiger charge is 2.26. The lowest BCUT2D eigenvalue weighted by molar-refractivity contribution is 0.0503. The summed E-state index contributed by atoms with van der Waals surface area (Å²) in [4.78, 5) is 26.6. The number of carbonyl (C=O) groups excluding carboxylic acids is 1. The molecule has 0 spiro atoms. The summed E-state index contributed by atoms with van der Waals surface area (Å²) in [6.07, 6.45) is 2.10. The van der Waals surface area contributed by atoms with Crippen LogP contribution >= 0.6 is 11.3 Å². The Kier molecular flexibility index (Phi) is 6.01. The molecule has 0 bridgehead atoms. The number of aromatic nitrogens is 2. The maximum atomic E-state index is 13.3. The van der Waals surface area contributed by atoms with E-state index in [4.69, 9.17) is 9.72 Å². The molecule has 30 heavy (non-hydrogen) atoms. The second kappa shape index (κ2) is 8.70. The average Bonchev–Trinajstić information content (AvgIpc) is 3.38. The van der Waals surface area contributed by atoms with E-state index in [1.807, 2.05) is 42.3 Å². The SMILES string of the molecule is Cc1nc(C(=O)N(Cc2cc3cccc(C)c3nc2N(C)C)CC2CCCO2)cs1. The first-order valence-electron chi connectivity index (χ1n) is 10.3. The number of carbonyl (C=O) groups is 1. The summed E-state index contributed by atoms with van der Waals surface area (Å²) in [5.74, 6) is 0.834. The fourth-order valence-electron chi connectivity index (χ4n) is 3.97. The summed E-state index contributed by atoms with van der Waals surface area (Å²) in [5.41, 5.74) is 3.67. The molecule has 1 amide bonds. The Bertz CT molecular complexity index is 1060. The van der Waals surface area contributed by atoms with Crippen LogP contribution in [0.25, 0.3) is 10.9 Å². The van der Waals surface area contributed by atoms with Gasteiger partial charge in [0.2, 0.25) is 0 Å². The van der Waals surface area contributed by atoms with E-state index in [2.05, 4.69) is 30.1 Å². The number of rotatable bonds is 6. The quantitative estimate of drug-likeness (QED) is 0.594. The molecule has 0 N–H and O–H groups in total. The van der Waals surface area contributed by atoms with Crippen LogP contribution in [0, 0.1) is 13.8 Å². The Balaban J connectivity index is 1.71. The lowest BCUT2D eigenvalue weighted by atomic mass is 10.1. The summed E-state index contributed by atoms with van der Waals surface area (Å²) in [6.45, 7) is 5.80. The summed E-state index contributed by atoms with van der Waals surface area (Å²) in [6, 6.07) is 8.36. The second-order valence-corrected chi connectivity index (χ2v) is 9.15. The first-order chi connectivity index (χ1) is 14.4. The molecule has 2 aromatic heterocycles. The molecular weight excluding hydrogens is 396 g/mol. The van der Waals surface area contributed by atoms with Crippen LogP contribution in [-0.4, -0.2) is 54.1 Å². The Labute approximate surface area is 181 Å². The normalized spacial score (nSPS) is 16.2. The van der Waals surface area contributed by atoms with E-state index in [9.17, 15) is 4.79 Å². The van der Waals surface area contributed by atoms with Crippen LogP contribution < -0.4 is 4.90 Å². The molecule has 1 saturated heterocycles. The third-order valence-electron chi connectivity index (χ3n) is 5.46. The number of pyridine rings is 1. The van der Waals surface area contributed by atoms with Gasteiger partial charge in [-0.05, 0) is 38.3 Å². The summed E-state index contributed by atoms with van der Waals surface area (Å²) in [7, 11) is 3.98. The molecule has 0 saturated carbocycles. The molecule has 1 fully saturated rings. The van der Waals surface area contributed by atoms with Gasteiger partial charge in [-0.1, -0.05) is 18.2 Å². The molecule has 1 aromatic carbocycles. The molecule has 1 atom stereocenters. The molecular formula is C23H28N4O2S. The van der Waals surface area contributed by atoms with Gasteiger partial charge in [0, 0.05) is 50.1 Å². The molecule has 158 valence electrons. The molecule has 1 aliphatic heterocycles. The number of aryl methyl sites for hydroxylation is 2. The van der Waals surface area contributed by atoms with Crippen LogP contribution in [0.1, 0.15) is 39.5 Å². The zero-order valence-corrected chi connectivity index (χ0v) is 18.8. The maximum Gasteiger partial charge on any atom is 0.273 e. The first kappa shape index (κ1) is 20.8. The van der Waals surface area contributed by atoms with Crippen molar-refractivity contribution in [3.05, 3.63) is 51.5 Å². The largest absolute Gasteiger partial charge is 0.376 e. The van der Waals surface area contributed by atoms with Crippen molar-refractivity contribution in [2.45, 2.75) is 39.3 Å². The number of hydrogen-bond acceptors (Lipinski definition) is 6. The van der Waals surface area contributed by atoms with Crippen LogP contribution in [-0.2, 0) is 11.3 Å². The van der Waals surface area contributed by atoms with Crippen molar-refractivity contribution in [3.63, 3.8) is 0 Å². The highest BCUT2D eigenvalue weighted by molar-refractivity contribution is 7.09. The van der Waals surface area contributed by atoms with Gasteiger partial charge in [0.25, 0.3) is 5.91 Å². The number of para-hydroxylation sites is 1. The Morgan fingerprint density at radius 1 is 1.27 bits per heavy atom. The van der Waals surface area contributed by atoms with Gasteiger partial charge in [-0.2, -0.15) is 0 Å². The fraction of sp³-hybridized carbons (Fsp3) is 0.435. The minimum atomic E-state index is -0.0519. The number of amides is 1. The lowest BCUT2D eigenvalue weighted by Crippen LogP contribution is -2.37. The number of hydrogen-bond donors (Lipinski definition) is 0. The van der Waals surface area contributed by atoms with E-state index >= 15 is 0 Å². The number of anilines is 1. The predicted molar refractivity (Wildman–Crippen MR) is 121 cm³/mol. The van der Waals surface area contributed by atoms with Crippen molar-refractivity contribution in [2.24, 2.45) is 0 Å². The van der Waals surface area contributed by atoms with Gasteiger partial charge in [0.1, 0.15) is 11.5 Å². The highest BCUT2D eigenvalue weighted by Crippen LogP contribution is 2.27. The van der Waals surface area contributed by atoms with Crippen molar-refractivity contribution in [2.75, 3.05) is 32.1 Å². The number of thiazole rings is 1. The van der Waals surface area contributed by atoms with E-state index in [0.29, 0.717) is 18.8 Å². The molecule has 0 aliphatic carbocycles. The van der Waals surface area contributed by atoms with E-state index < -0.39 is 0 Å². The number of benzene rings is 1. The molecule has 6 nitrogen and oxygen atoms in total. The zero-order chi connectivity index (χ0) is 21.3. The summed E-state index contributed by atoms with van der Waals surface area (Å²) >= 11 is 1.50. The van der Waals surface area contributed by atoms with Crippen LogP contribution in [0.3, 0.4) is 0 Å². The fourth-order valence-corrected chi connectivity index (χ4v) is 4.55. The van der Waals surface area contributed by atoms with Gasteiger partial charge < -0.3 is 14.5 Å². The standard InChI is InChI=1S/C23H28N4O2S/c1-15-7-5-8-17-11-18(22(26(3)4)25-21(15)17)12-27(13-19-9-6-10-29-19)23(28)20-14-30-16(2)24-20/h5,7-8,11,14,19H,6,9-10,12-13H2,1-4H3. The lowest BCUT2D eigenvalue weighted by Gasteiger charge is -2.27. The van der Waals surface area contributed by atoms with Gasteiger partial charge in [0.15, 0.2) is 0 Å². The van der Waals surface area contributed by atoms with Crippen molar-refractivity contribution < 1.29 is 9.53 Å². The van der Waals surface area contributed by atoms with Gasteiger partial charge in [-0.3, -0.25) is 4.79 Å². The highest BCUT2D eigenvalue weighted by atomic mass is 32.1. The van der Waals surface area contributed by atoms with Crippen LogP contribution in [0.5, 0.6) is 0 Å². The van der Waals surface area contributed by atoms with Crippen LogP contribution in [0.4, 0.5) is 5.82 Å². The van der Waals surface area contributed by atoms with E-state index in [1.54, 1.807) is 0 Å².